The van der Waals surface area contributed by atoms with E-state index >= 15 is 0 Å². The number of carboxylic acids is 1. The Bertz CT molecular complexity index is 417. The lowest BCUT2D eigenvalue weighted by Crippen LogP contribution is -2.29. The predicted molar refractivity (Wildman–Crippen MR) is 69.7 cm³/mol. The van der Waals surface area contributed by atoms with Crippen LogP contribution in [0.2, 0.25) is 0 Å². The van der Waals surface area contributed by atoms with Gasteiger partial charge in [0.15, 0.2) is 6.61 Å². The number of hydrogen-bond donors (Lipinski definition) is 3. The van der Waals surface area contributed by atoms with Gasteiger partial charge < -0.3 is 20.9 Å². The number of rotatable bonds is 8. The zero-order valence-corrected chi connectivity index (χ0v) is 10.6. The van der Waals surface area contributed by atoms with Crippen LogP contribution >= 0.6 is 0 Å². The lowest BCUT2D eigenvalue weighted by atomic mass is 10.2. The zero-order chi connectivity index (χ0) is 14.1. The second-order valence-corrected chi connectivity index (χ2v) is 3.98. The number of amides is 1. The molecule has 6 nitrogen and oxygen atoms in total. The maximum Gasteiger partial charge on any atom is 0.303 e. The first kappa shape index (κ1) is 15.0. The quantitative estimate of drug-likeness (QED) is 0.595. The first-order valence-electron chi connectivity index (χ1n) is 6.02. The second kappa shape index (κ2) is 8.10. The molecule has 0 spiro atoms. The van der Waals surface area contributed by atoms with E-state index in [1.54, 1.807) is 12.1 Å². The third-order valence-electron chi connectivity index (χ3n) is 2.42. The van der Waals surface area contributed by atoms with Gasteiger partial charge in [0, 0.05) is 19.5 Å². The van der Waals surface area contributed by atoms with Gasteiger partial charge in [-0.25, -0.2) is 0 Å². The highest BCUT2D eigenvalue weighted by molar-refractivity contribution is 5.77. The molecule has 4 N–H and O–H groups in total. The Balaban J connectivity index is 2.20. The minimum atomic E-state index is -0.870. The van der Waals surface area contributed by atoms with E-state index in [4.69, 9.17) is 15.6 Å². The van der Waals surface area contributed by atoms with Crippen LogP contribution in [-0.4, -0.2) is 30.1 Å². The second-order valence-electron chi connectivity index (χ2n) is 3.98. The van der Waals surface area contributed by atoms with Gasteiger partial charge in [0.25, 0.3) is 5.91 Å². The van der Waals surface area contributed by atoms with Crippen molar-refractivity contribution in [2.45, 2.75) is 19.4 Å². The summed E-state index contributed by atoms with van der Waals surface area (Å²) in [6.45, 7) is 0.708. The van der Waals surface area contributed by atoms with E-state index in [1.165, 1.54) is 0 Å². The maximum atomic E-state index is 11.4. The summed E-state index contributed by atoms with van der Waals surface area (Å²) in [5.41, 5.74) is 6.46. The molecule has 0 unspecified atom stereocenters. The van der Waals surface area contributed by atoms with E-state index in [-0.39, 0.29) is 18.9 Å². The monoisotopic (exact) mass is 266 g/mol. The third-order valence-corrected chi connectivity index (χ3v) is 2.42. The molecule has 19 heavy (non-hydrogen) atoms. The number of benzene rings is 1. The fourth-order valence-electron chi connectivity index (χ4n) is 1.39. The van der Waals surface area contributed by atoms with Gasteiger partial charge in [-0.15, -0.1) is 0 Å². The minimum absolute atomic E-state index is 0.0433. The molecule has 104 valence electrons. The van der Waals surface area contributed by atoms with E-state index in [0.29, 0.717) is 25.3 Å². The van der Waals surface area contributed by atoms with Gasteiger partial charge in [-0.2, -0.15) is 0 Å². The maximum absolute atomic E-state index is 11.4. The summed E-state index contributed by atoms with van der Waals surface area (Å²) in [4.78, 5) is 21.6. The Morgan fingerprint density at radius 2 is 1.95 bits per heavy atom. The minimum Gasteiger partial charge on any atom is -0.484 e. The molecular formula is C13H18N2O4. The van der Waals surface area contributed by atoms with Crippen molar-refractivity contribution in [3.05, 3.63) is 29.8 Å². The van der Waals surface area contributed by atoms with Crippen LogP contribution in [0.25, 0.3) is 0 Å². The van der Waals surface area contributed by atoms with Crippen LogP contribution in [0.15, 0.2) is 24.3 Å². The molecule has 1 aromatic carbocycles. The van der Waals surface area contributed by atoms with E-state index in [0.717, 1.165) is 5.56 Å². The number of ether oxygens (including phenoxy) is 1. The van der Waals surface area contributed by atoms with Crippen LogP contribution < -0.4 is 15.8 Å². The van der Waals surface area contributed by atoms with Gasteiger partial charge in [-0.05, 0) is 24.1 Å². The smallest absolute Gasteiger partial charge is 0.303 e. The van der Waals surface area contributed by atoms with Crippen LogP contribution in [0.5, 0.6) is 5.75 Å². The Morgan fingerprint density at radius 3 is 2.53 bits per heavy atom. The van der Waals surface area contributed by atoms with Gasteiger partial charge in [0.05, 0.1) is 0 Å². The largest absolute Gasteiger partial charge is 0.484 e. The number of hydrogen-bond acceptors (Lipinski definition) is 4. The Hall–Kier alpha value is -2.08. The highest BCUT2D eigenvalue weighted by Crippen LogP contribution is 2.11. The van der Waals surface area contributed by atoms with Crippen LogP contribution in [0.3, 0.4) is 0 Å². The summed E-state index contributed by atoms with van der Waals surface area (Å²) >= 11 is 0. The van der Waals surface area contributed by atoms with Crippen LogP contribution in [0, 0.1) is 0 Å². The molecule has 0 aliphatic carbocycles. The number of carboxylic acid groups (broad SMARTS) is 1. The van der Waals surface area contributed by atoms with E-state index in [2.05, 4.69) is 5.32 Å². The predicted octanol–water partition coefficient (Wildman–Crippen LogP) is 0.505. The lowest BCUT2D eigenvalue weighted by Gasteiger charge is -2.07. The lowest BCUT2D eigenvalue weighted by molar-refractivity contribution is -0.137. The van der Waals surface area contributed by atoms with Crippen molar-refractivity contribution < 1.29 is 19.4 Å². The molecule has 0 aliphatic rings. The summed E-state index contributed by atoms with van der Waals surface area (Å²) in [5.74, 6) is -0.545. The molecule has 6 heteroatoms. The Labute approximate surface area is 111 Å². The molecule has 0 saturated heterocycles. The van der Waals surface area contributed by atoms with Crippen molar-refractivity contribution in [2.75, 3.05) is 13.2 Å². The van der Waals surface area contributed by atoms with Crippen molar-refractivity contribution in [3.63, 3.8) is 0 Å². The molecular weight excluding hydrogens is 248 g/mol. The van der Waals surface area contributed by atoms with E-state index < -0.39 is 5.97 Å². The number of nitrogens with one attached hydrogen (secondary N) is 1. The summed E-state index contributed by atoms with van der Waals surface area (Å²) in [6, 6.07) is 7.17. The summed E-state index contributed by atoms with van der Waals surface area (Å²) in [6.07, 6.45) is 0.452. The normalized spacial score (nSPS) is 9.95. The van der Waals surface area contributed by atoms with Crippen LogP contribution in [0.1, 0.15) is 18.4 Å². The standard InChI is InChI=1S/C13H18N2O4/c14-8-10-3-5-11(6-4-10)19-9-12(16)15-7-1-2-13(17)18/h3-6H,1-2,7-9,14H2,(H,15,16)(H,17,18). The van der Waals surface area contributed by atoms with E-state index in [9.17, 15) is 9.59 Å². The molecule has 0 fully saturated rings. The average Bonchev–Trinajstić information content (AvgIpc) is 2.41. The number of carbonyl (C=O) groups excluding carboxylic acids is 1. The molecule has 0 saturated carbocycles. The topological polar surface area (TPSA) is 102 Å². The molecule has 0 aromatic heterocycles. The first-order valence-corrected chi connectivity index (χ1v) is 6.02. The van der Waals surface area contributed by atoms with Crippen LogP contribution in [-0.2, 0) is 16.1 Å². The fraction of sp³-hybridized carbons (Fsp3) is 0.385. The molecule has 1 aromatic rings. The molecule has 0 radical (unpaired) electrons. The SMILES string of the molecule is NCc1ccc(OCC(=O)NCCCC(=O)O)cc1. The van der Waals surface area contributed by atoms with Gasteiger partial charge in [-0.1, -0.05) is 12.1 Å². The van der Waals surface area contributed by atoms with Crippen molar-refractivity contribution in [2.24, 2.45) is 5.73 Å². The van der Waals surface area contributed by atoms with Gasteiger partial charge in [0.1, 0.15) is 5.75 Å². The summed E-state index contributed by atoms with van der Waals surface area (Å²) in [7, 11) is 0. The molecule has 1 amide bonds. The van der Waals surface area contributed by atoms with Gasteiger partial charge >= 0.3 is 5.97 Å². The van der Waals surface area contributed by atoms with Crippen LogP contribution in [0.4, 0.5) is 0 Å². The Kier molecular flexibility index (Phi) is 6.38. The van der Waals surface area contributed by atoms with Gasteiger partial charge in [0.2, 0.25) is 0 Å². The average molecular weight is 266 g/mol. The first-order chi connectivity index (χ1) is 9.11. The highest BCUT2D eigenvalue weighted by atomic mass is 16.5. The highest BCUT2D eigenvalue weighted by Gasteiger charge is 2.03. The van der Waals surface area contributed by atoms with Gasteiger partial charge in [-0.3, -0.25) is 9.59 Å². The number of carbonyl (C=O) groups is 2. The molecule has 1 rings (SSSR count). The molecule has 0 heterocycles. The van der Waals surface area contributed by atoms with Crippen molar-refractivity contribution >= 4 is 11.9 Å². The number of aliphatic carboxylic acids is 1. The van der Waals surface area contributed by atoms with Crippen molar-refractivity contribution in [1.29, 1.82) is 0 Å². The zero-order valence-electron chi connectivity index (χ0n) is 10.6. The van der Waals surface area contributed by atoms with E-state index in [1.807, 2.05) is 12.1 Å². The van der Waals surface area contributed by atoms with Crippen molar-refractivity contribution in [3.8, 4) is 5.75 Å². The molecule has 0 atom stereocenters. The molecule has 0 bridgehead atoms. The summed E-state index contributed by atoms with van der Waals surface area (Å²) in [5, 5.41) is 11.0. The van der Waals surface area contributed by atoms with Crippen molar-refractivity contribution in [1.82, 2.24) is 5.32 Å². The summed E-state index contributed by atoms with van der Waals surface area (Å²) < 4.78 is 5.28. The Morgan fingerprint density at radius 1 is 1.26 bits per heavy atom. The number of nitrogens with two attached hydrogens (primary N) is 1. The fourth-order valence-corrected chi connectivity index (χ4v) is 1.39. The molecule has 0 aliphatic heterocycles. The third kappa shape index (κ3) is 6.42.